The van der Waals surface area contributed by atoms with Crippen molar-refractivity contribution in [3.05, 3.63) is 30.5 Å². The van der Waals surface area contributed by atoms with Gasteiger partial charge >= 0.3 is 0 Å². The molecule has 0 bridgehead atoms. The summed E-state index contributed by atoms with van der Waals surface area (Å²) in [6.07, 6.45) is 7.84. The van der Waals surface area contributed by atoms with Crippen molar-refractivity contribution in [2.24, 2.45) is 5.92 Å². The first-order valence-corrected chi connectivity index (χ1v) is 6.50. The summed E-state index contributed by atoms with van der Waals surface area (Å²) in [6.45, 7) is 1.18. The first-order valence-electron chi connectivity index (χ1n) is 6.50. The van der Waals surface area contributed by atoms with Crippen LogP contribution < -0.4 is 4.74 Å². The van der Waals surface area contributed by atoms with E-state index in [9.17, 15) is 0 Å². The van der Waals surface area contributed by atoms with E-state index in [2.05, 4.69) is 29.0 Å². The molecule has 1 aliphatic rings. The van der Waals surface area contributed by atoms with Gasteiger partial charge in [0, 0.05) is 23.6 Å². The van der Waals surface area contributed by atoms with Gasteiger partial charge in [-0.3, -0.25) is 0 Å². The molecule has 17 heavy (non-hydrogen) atoms. The second-order valence-corrected chi connectivity index (χ2v) is 5.04. The van der Waals surface area contributed by atoms with E-state index >= 15 is 0 Å². The van der Waals surface area contributed by atoms with Gasteiger partial charge in [-0.05, 0) is 43.0 Å². The molecular weight excluding hydrogens is 210 g/mol. The minimum Gasteiger partial charge on any atom is -0.497 e. The summed E-state index contributed by atoms with van der Waals surface area (Å²) in [4.78, 5) is 0. The van der Waals surface area contributed by atoms with E-state index in [1.54, 1.807) is 7.11 Å². The Morgan fingerprint density at radius 1 is 1.24 bits per heavy atom. The van der Waals surface area contributed by atoms with Crippen molar-refractivity contribution in [3.63, 3.8) is 0 Å². The van der Waals surface area contributed by atoms with E-state index in [4.69, 9.17) is 4.74 Å². The molecule has 0 atom stereocenters. The Bertz CT molecular complexity index is 509. The Morgan fingerprint density at radius 2 is 2.06 bits per heavy atom. The zero-order valence-corrected chi connectivity index (χ0v) is 10.4. The molecule has 2 nitrogen and oxygen atoms in total. The van der Waals surface area contributed by atoms with Crippen LogP contribution in [-0.2, 0) is 6.54 Å². The molecule has 0 amide bonds. The highest BCUT2D eigenvalue weighted by Crippen LogP contribution is 2.28. The first kappa shape index (κ1) is 10.7. The molecule has 90 valence electrons. The fraction of sp³-hybridized carbons (Fsp3) is 0.467. The number of hydrogen-bond donors (Lipinski definition) is 0. The van der Waals surface area contributed by atoms with E-state index in [1.807, 2.05) is 6.07 Å². The van der Waals surface area contributed by atoms with E-state index < -0.39 is 0 Å². The number of benzene rings is 1. The quantitative estimate of drug-likeness (QED) is 0.780. The average Bonchev–Trinajstić information content (AvgIpc) is 2.99. The average molecular weight is 229 g/mol. The normalized spacial score (nSPS) is 16.8. The highest BCUT2D eigenvalue weighted by molar-refractivity contribution is 5.81. The van der Waals surface area contributed by atoms with Crippen molar-refractivity contribution in [2.45, 2.75) is 32.2 Å². The summed E-state index contributed by atoms with van der Waals surface area (Å²) in [5, 5.41) is 1.28. The third kappa shape index (κ3) is 2.04. The number of hydrogen-bond acceptors (Lipinski definition) is 1. The maximum atomic E-state index is 5.26. The minimum atomic E-state index is 0.882. The van der Waals surface area contributed by atoms with Crippen molar-refractivity contribution in [2.75, 3.05) is 7.11 Å². The topological polar surface area (TPSA) is 14.2 Å². The fourth-order valence-electron chi connectivity index (χ4n) is 2.94. The van der Waals surface area contributed by atoms with Crippen LogP contribution in [-0.4, -0.2) is 11.7 Å². The Kier molecular flexibility index (Phi) is 2.79. The number of methoxy groups -OCH3 is 1. The van der Waals surface area contributed by atoms with Gasteiger partial charge < -0.3 is 9.30 Å². The Labute approximate surface area is 102 Å². The Balaban J connectivity index is 1.89. The van der Waals surface area contributed by atoms with Crippen LogP contribution in [0.5, 0.6) is 5.75 Å². The van der Waals surface area contributed by atoms with Gasteiger partial charge in [-0.2, -0.15) is 0 Å². The van der Waals surface area contributed by atoms with Crippen LogP contribution in [0.3, 0.4) is 0 Å². The standard InChI is InChI=1S/C15H19NO/c1-17-14-6-7-15-13(10-14)8-9-16(15)11-12-4-2-3-5-12/h6-10,12H,2-5,11H2,1H3. The largest absolute Gasteiger partial charge is 0.497 e. The zero-order chi connectivity index (χ0) is 11.7. The molecule has 0 saturated heterocycles. The zero-order valence-electron chi connectivity index (χ0n) is 10.4. The smallest absolute Gasteiger partial charge is 0.119 e. The van der Waals surface area contributed by atoms with Gasteiger partial charge in [0.1, 0.15) is 5.75 Å². The molecule has 1 heterocycles. The van der Waals surface area contributed by atoms with E-state index in [0.717, 1.165) is 11.7 Å². The van der Waals surface area contributed by atoms with Crippen molar-refractivity contribution >= 4 is 10.9 Å². The predicted octanol–water partition coefficient (Wildman–Crippen LogP) is 3.84. The van der Waals surface area contributed by atoms with Crippen molar-refractivity contribution in [3.8, 4) is 5.75 Å². The molecule has 1 aromatic heterocycles. The molecule has 0 unspecified atom stereocenters. The van der Waals surface area contributed by atoms with Crippen LogP contribution in [0.1, 0.15) is 25.7 Å². The molecule has 0 aliphatic heterocycles. The summed E-state index contributed by atoms with van der Waals surface area (Å²) >= 11 is 0. The number of rotatable bonds is 3. The predicted molar refractivity (Wildman–Crippen MR) is 70.4 cm³/mol. The van der Waals surface area contributed by atoms with Gasteiger partial charge in [-0.1, -0.05) is 12.8 Å². The van der Waals surface area contributed by atoms with Gasteiger partial charge in [-0.15, -0.1) is 0 Å². The molecule has 1 fully saturated rings. The molecule has 1 aromatic carbocycles. The van der Waals surface area contributed by atoms with E-state index in [1.165, 1.54) is 43.1 Å². The van der Waals surface area contributed by atoms with Crippen LogP contribution in [0.25, 0.3) is 10.9 Å². The third-order valence-electron chi connectivity index (χ3n) is 3.91. The third-order valence-corrected chi connectivity index (χ3v) is 3.91. The highest BCUT2D eigenvalue weighted by Gasteiger charge is 2.16. The van der Waals surface area contributed by atoms with Crippen LogP contribution in [0.2, 0.25) is 0 Å². The number of aromatic nitrogens is 1. The van der Waals surface area contributed by atoms with E-state index in [0.29, 0.717) is 0 Å². The SMILES string of the molecule is COc1ccc2c(ccn2CC2CCCC2)c1. The van der Waals surface area contributed by atoms with Gasteiger partial charge in [-0.25, -0.2) is 0 Å². The van der Waals surface area contributed by atoms with Crippen LogP contribution >= 0.6 is 0 Å². The van der Waals surface area contributed by atoms with Gasteiger partial charge in [0.25, 0.3) is 0 Å². The van der Waals surface area contributed by atoms with Gasteiger partial charge in [0.15, 0.2) is 0 Å². The van der Waals surface area contributed by atoms with Crippen molar-refractivity contribution in [1.29, 1.82) is 0 Å². The number of fused-ring (bicyclic) bond motifs is 1. The van der Waals surface area contributed by atoms with Crippen LogP contribution in [0, 0.1) is 5.92 Å². The molecule has 0 N–H and O–H groups in total. The van der Waals surface area contributed by atoms with E-state index in [-0.39, 0.29) is 0 Å². The number of ether oxygens (including phenoxy) is 1. The lowest BCUT2D eigenvalue weighted by molar-refractivity contribution is 0.415. The molecule has 2 heteroatoms. The number of nitrogens with zero attached hydrogens (tertiary/aromatic N) is 1. The lowest BCUT2D eigenvalue weighted by Crippen LogP contribution is -2.05. The molecule has 0 radical (unpaired) electrons. The maximum Gasteiger partial charge on any atom is 0.119 e. The Morgan fingerprint density at radius 3 is 2.82 bits per heavy atom. The lowest BCUT2D eigenvalue weighted by atomic mass is 10.1. The first-order chi connectivity index (χ1) is 8.36. The summed E-state index contributed by atoms with van der Waals surface area (Å²) in [7, 11) is 1.72. The summed E-state index contributed by atoms with van der Waals surface area (Å²) in [6, 6.07) is 8.52. The lowest BCUT2D eigenvalue weighted by Gasteiger charge is -2.11. The van der Waals surface area contributed by atoms with Gasteiger partial charge in [0.2, 0.25) is 0 Å². The Hall–Kier alpha value is -1.44. The summed E-state index contributed by atoms with van der Waals surface area (Å²) < 4.78 is 7.65. The second kappa shape index (κ2) is 4.44. The summed E-state index contributed by atoms with van der Waals surface area (Å²) in [5.74, 6) is 1.82. The molecule has 3 rings (SSSR count). The van der Waals surface area contributed by atoms with Crippen molar-refractivity contribution in [1.82, 2.24) is 4.57 Å². The van der Waals surface area contributed by atoms with Crippen molar-refractivity contribution < 1.29 is 4.74 Å². The van der Waals surface area contributed by atoms with Gasteiger partial charge in [0.05, 0.1) is 7.11 Å². The maximum absolute atomic E-state index is 5.26. The molecule has 0 spiro atoms. The molecule has 1 saturated carbocycles. The monoisotopic (exact) mass is 229 g/mol. The fourth-order valence-corrected chi connectivity index (χ4v) is 2.94. The summed E-state index contributed by atoms with van der Waals surface area (Å²) in [5.41, 5.74) is 1.33. The minimum absolute atomic E-state index is 0.882. The molecule has 2 aromatic rings. The highest BCUT2D eigenvalue weighted by atomic mass is 16.5. The second-order valence-electron chi connectivity index (χ2n) is 5.04. The van der Waals surface area contributed by atoms with Crippen LogP contribution in [0.4, 0.5) is 0 Å². The van der Waals surface area contributed by atoms with Crippen LogP contribution in [0.15, 0.2) is 30.5 Å². The molecule has 1 aliphatic carbocycles. The molecular formula is C15H19NO.